The lowest BCUT2D eigenvalue weighted by atomic mass is 10.2. The fourth-order valence-corrected chi connectivity index (χ4v) is 1.24. The van der Waals surface area contributed by atoms with E-state index < -0.39 is 10.8 Å². The monoisotopic (exact) mass is 246 g/mol. The van der Waals surface area contributed by atoms with Crippen molar-refractivity contribution in [3.63, 3.8) is 0 Å². The molecule has 0 radical (unpaired) electrons. The fourth-order valence-electron chi connectivity index (χ4n) is 0.808. The van der Waals surface area contributed by atoms with Crippen LogP contribution in [0.15, 0.2) is 0 Å². The second-order valence-electron chi connectivity index (χ2n) is 2.64. The Labute approximate surface area is 93.5 Å². The summed E-state index contributed by atoms with van der Waals surface area (Å²) >= 11 is 16.4. The first-order chi connectivity index (χ1) is 6.07. The number of carbonyl (C=O) groups excluding carboxylic acids is 1. The Hall–Kier alpha value is 0.340. The van der Waals surface area contributed by atoms with Gasteiger partial charge in [-0.15, -0.1) is 11.6 Å². The van der Waals surface area contributed by atoms with E-state index in [4.69, 9.17) is 39.5 Å². The van der Waals surface area contributed by atoms with E-state index in [1.165, 1.54) is 0 Å². The smallest absolute Gasteiger partial charge is 0.339 e. The molecule has 0 amide bonds. The van der Waals surface area contributed by atoms with Crippen molar-refractivity contribution in [1.82, 2.24) is 0 Å². The van der Waals surface area contributed by atoms with Crippen molar-refractivity contribution >= 4 is 40.8 Å². The third-order valence-electron chi connectivity index (χ3n) is 1.46. The summed E-state index contributed by atoms with van der Waals surface area (Å²) in [6.07, 6.45) is 2.58. The maximum Gasteiger partial charge on any atom is 0.339 e. The summed E-state index contributed by atoms with van der Waals surface area (Å²) in [4.78, 5) is 9.66. The molecule has 0 aliphatic carbocycles. The molecule has 0 bridgehead atoms. The molecular weight excluding hydrogens is 234 g/mol. The number of esters is 1. The van der Waals surface area contributed by atoms with Gasteiger partial charge in [0.1, 0.15) is 0 Å². The van der Waals surface area contributed by atoms with Crippen molar-refractivity contribution in [3.8, 4) is 0 Å². The lowest BCUT2D eigenvalue weighted by Gasteiger charge is -2.08. The SMILES string of the molecule is CCCC(Cl)CCOC(=O)C(Cl)Cl. The fraction of sp³-hybridized carbons (Fsp3) is 0.875. The van der Waals surface area contributed by atoms with E-state index >= 15 is 0 Å². The van der Waals surface area contributed by atoms with Gasteiger partial charge in [-0.2, -0.15) is 0 Å². The number of halogens is 3. The highest BCUT2D eigenvalue weighted by atomic mass is 35.5. The first-order valence-corrected chi connectivity index (χ1v) is 5.47. The minimum absolute atomic E-state index is 0.0573. The van der Waals surface area contributed by atoms with Gasteiger partial charge in [-0.05, 0) is 12.8 Å². The van der Waals surface area contributed by atoms with E-state index in [9.17, 15) is 4.79 Å². The lowest BCUT2D eigenvalue weighted by Crippen LogP contribution is -2.15. The molecule has 5 heteroatoms. The molecule has 0 aromatic rings. The topological polar surface area (TPSA) is 26.3 Å². The molecule has 0 aliphatic rings. The Morgan fingerprint density at radius 1 is 1.31 bits per heavy atom. The molecule has 0 rings (SSSR count). The van der Waals surface area contributed by atoms with Crippen molar-refractivity contribution in [1.29, 1.82) is 0 Å². The van der Waals surface area contributed by atoms with Gasteiger partial charge in [0.05, 0.1) is 6.61 Å². The van der Waals surface area contributed by atoms with Gasteiger partial charge < -0.3 is 4.74 Å². The molecule has 0 heterocycles. The van der Waals surface area contributed by atoms with E-state index in [-0.39, 0.29) is 12.0 Å². The van der Waals surface area contributed by atoms with Crippen molar-refractivity contribution < 1.29 is 9.53 Å². The van der Waals surface area contributed by atoms with E-state index in [0.29, 0.717) is 6.42 Å². The molecule has 0 N–H and O–H groups in total. The first-order valence-electron chi connectivity index (χ1n) is 4.16. The molecule has 13 heavy (non-hydrogen) atoms. The summed E-state index contributed by atoms with van der Waals surface area (Å²) in [6, 6.07) is 0. The van der Waals surface area contributed by atoms with Gasteiger partial charge in [0, 0.05) is 5.38 Å². The van der Waals surface area contributed by atoms with E-state index in [1.807, 2.05) is 0 Å². The van der Waals surface area contributed by atoms with E-state index in [1.54, 1.807) is 0 Å². The van der Waals surface area contributed by atoms with Gasteiger partial charge in [0.25, 0.3) is 0 Å². The van der Waals surface area contributed by atoms with Crippen molar-refractivity contribution in [2.75, 3.05) is 6.61 Å². The summed E-state index contributed by atoms with van der Waals surface area (Å²) in [5.41, 5.74) is 0. The van der Waals surface area contributed by atoms with Gasteiger partial charge >= 0.3 is 5.97 Å². The van der Waals surface area contributed by atoms with Crippen LogP contribution >= 0.6 is 34.8 Å². The van der Waals surface area contributed by atoms with Crippen LogP contribution in [0.1, 0.15) is 26.2 Å². The number of hydrogen-bond acceptors (Lipinski definition) is 2. The molecule has 0 aromatic carbocycles. The Morgan fingerprint density at radius 3 is 2.38 bits per heavy atom. The van der Waals surface area contributed by atoms with Crippen LogP contribution < -0.4 is 0 Å². The highest BCUT2D eigenvalue weighted by Crippen LogP contribution is 2.10. The standard InChI is InChI=1S/C8H13Cl3O2/c1-2-3-6(9)4-5-13-8(12)7(10)11/h6-7H,2-5H2,1H3. The average molecular weight is 248 g/mol. The zero-order chi connectivity index (χ0) is 10.3. The molecule has 0 saturated heterocycles. The summed E-state index contributed by atoms with van der Waals surface area (Å²) in [5.74, 6) is -0.608. The summed E-state index contributed by atoms with van der Waals surface area (Å²) < 4.78 is 4.73. The lowest BCUT2D eigenvalue weighted by molar-refractivity contribution is -0.141. The zero-order valence-corrected chi connectivity index (χ0v) is 9.70. The van der Waals surface area contributed by atoms with Gasteiger partial charge in [-0.1, -0.05) is 36.5 Å². The minimum atomic E-state index is -1.10. The molecule has 1 unspecified atom stereocenters. The normalized spacial score (nSPS) is 13.0. The number of hydrogen-bond donors (Lipinski definition) is 0. The summed E-state index contributed by atoms with van der Waals surface area (Å²) in [6.45, 7) is 2.33. The molecule has 2 nitrogen and oxygen atoms in total. The summed E-state index contributed by atoms with van der Waals surface area (Å²) in [5, 5.41) is 0.0573. The van der Waals surface area contributed by atoms with Crippen molar-refractivity contribution in [2.24, 2.45) is 0 Å². The maximum absolute atomic E-state index is 10.8. The van der Waals surface area contributed by atoms with Crippen LogP contribution in [0.5, 0.6) is 0 Å². The van der Waals surface area contributed by atoms with Crippen molar-refractivity contribution in [2.45, 2.75) is 36.4 Å². The number of alkyl halides is 3. The van der Waals surface area contributed by atoms with Gasteiger partial charge in [-0.3, -0.25) is 0 Å². The highest BCUT2D eigenvalue weighted by molar-refractivity contribution is 6.52. The quantitative estimate of drug-likeness (QED) is 0.532. The maximum atomic E-state index is 10.8. The minimum Gasteiger partial charge on any atom is -0.464 e. The molecule has 0 saturated carbocycles. The van der Waals surface area contributed by atoms with Crippen molar-refractivity contribution in [3.05, 3.63) is 0 Å². The van der Waals surface area contributed by atoms with E-state index in [2.05, 4.69) is 6.92 Å². The van der Waals surface area contributed by atoms with Crippen LogP contribution in [0.25, 0.3) is 0 Å². The van der Waals surface area contributed by atoms with Crippen LogP contribution in [0.3, 0.4) is 0 Å². The molecule has 78 valence electrons. The third-order valence-corrected chi connectivity index (χ3v) is 2.25. The first kappa shape index (κ1) is 13.3. The third kappa shape index (κ3) is 7.41. The van der Waals surface area contributed by atoms with Crippen LogP contribution in [0.2, 0.25) is 0 Å². The van der Waals surface area contributed by atoms with Gasteiger partial charge in [0.2, 0.25) is 4.84 Å². The highest BCUT2D eigenvalue weighted by Gasteiger charge is 2.13. The second-order valence-corrected chi connectivity index (χ2v) is 4.36. The number of carbonyl (C=O) groups is 1. The molecule has 1 atom stereocenters. The number of ether oxygens (including phenoxy) is 1. The van der Waals surface area contributed by atoms with Gasteiger partial charge in [0.15, 0.2) is 0 Å². The predicted molar refractivity (Wildman–Crippen MR) is 55.6 cm³/mol. The predicted octanol–water partition coefficient (Wildman–Crippen LogP) is 3.13. The average Bonchev–Trinajstić information content (AvgIpc) is 2.04. The van der Waals surface area contributed by atoms with Crippen LogP contribution in [0, 0.1) is 0 Å². The summed E-state index contributed by atoms with van der Waals surface area (Å²) in [7, 11) is 0. The van der Waals surface area contributed by atoms with E-state index in [0.717, 1.165) is 12.8 Å². The Balaban J connectivity index is 3.39. The number of rotatable bonds is 6. The molecule has 0 aliphatic heterocycles. The Bertz CT molecular complexity index is 150. The molecule has 0 spiro atoms. The molecular formula is C8H13Cl3O2. The molecule has 0 aromatic heterocycles. The molecule has 0 fully saturated rings. The second kappa shape index (κ2) is 7.72. The van der Waals surface area contributed by atoms with Crippen LogP contribution in [-0.2, 0) is 9.53 Å². The Morgan fingerprint density at radius 2 is 1.92 bits per heavy atom. The zero-order valence-electron chi connectivity index (χ0n) is 7.43. The Kier molecular flexibility index (Phi) is 7.92. The van der Waals surface area contributed by atoms with Crippen LogP contribution in [-0.4, -0.2) is 22.8 Å². The largest absolute Gasteiger partial charge is 0.464 e. The van der Waals surface area contributed by atoms with Crippen LogP contribution in [0.4, 0.5) is 0 Å². The van der Waals surface area contributed by atoms with Gasteiger partial charge in [-0.25, -0.2) is 4.79 Å².